The average molecular weight is 1050 g/mol. The highest BCUT2D eigenvalue weighted by atomic mass is 79.9. The molecule has 0 bridgehead atoms. The lowest BCUT2D eigenvalue weighted by Gasteiger charge is -2.34. The first-order chi connectivity index (χ1) is 33.4. The van der Waals surface area contributed by atoms with Crippen LogP contribution in [0.25, 0.3) is 0 Å². The van der Waals surface area contributed by atoms with Gasteiger partial charge in [0.25, 0.3) is 0 Å². The number of amides is 4. The van der Waals surface area contributed by atoms with Crippen molar-refractivity contribution in [1.82, 2.24) is 19.8 Å². The minimum atomic E-state index is -2.88. The van der Waals surface area contributed by atoms with E-state index in [1.807, 2.05) is 36.3 Å². The van der Waals surface area contributed by atoms with Gasteiger partial charge in [0.15, 0.2) is 20.1 Å². The summed E-state index contributed by atoms with van der Waals surface area (Å²) in [6.45, 7) is 7.88. The molecule has 0 N–H and O–H groups in total. The molecule has 13 nitrogen and oxygen atoms in total. The summed E-state index contributed by atoms with van der Waals surface area (Å²) in [6, 6.07) is 30.1. The second-order valence-corrected chi connectivity index (χ2v) is 24.1. The number of benzene rings is 4. The summed E-state index contributed by atoms with van der Waals surface area (Å²) >= 11 is 7.01. The number of carbonyl (C=O) groups excluding carboxylic acids is 2. The second-order valence-electron chi connectivity index (χ2n) is 18.7. The monoisotopic (exact) mass is 1050 g/mol. The van der Waals surface area contributed by atoms with Crippen LogP contribution in [-0.4, -0.2) is 118 Å². The van der Waals surface area contributed by atoms with Crippen LogP contribution < -0.4 is 24.5 Å². The number of sulfone groups is 1. The van der Waals surface area contributed by atoms with E-state index in [0.29, 0.717) is 13.1 Å². The largest absolute Gasteiger partial charge is 0.369 e. The molecule has 0 radical (unpaired) electrons. The van der Waals surface area contributed by atoms with Crippen molar-refractivity contribution in [3.63, 3.8) is 0 Å². The molecule has 0 atom stereocenters. The van der Waals surface area contributed by atoms with Gasteiger partial charge >= 0.3 is 12.1 Å². The van der Waals surface area contributed by atoms with Crippen LogP contribution in [0, 0.1) is 0 Å². The summed E-state index contributed by atoms with van der Waals surface area (Å²) in [4.78, 5) is 51.5. The van der Waals surface area contributed by atoms with E-state index in [-0.39, 0.29) is 23.6 Å². The van der Waals surface area contributed by atoms with Gasteiger partial charge in [0.05, 0.1) is 11.5 Å². The topological polar surface area (TPSA) is 117 Å². The van der Waals surface area contributed by atoms with Gasteiger partial charge in [-0.1, -0.05) is 52.3 Å². The zero-order valence-corrected chi connectivity index (χ0v) is 43.3. The van der Waals surface area contributed by atoms with Gasteiger partial charge in [-0.25, -0.2) is 28.0 Å². The predicted octanol–water partition coefficient (Wildman–Crippen LogP) is 9.11. The van der Waals surface area contributed by atoms with Crippen LogP contribution in [0.4, 0.5) is 36.9 Å². The first kappa shape index (κ1) is 47.2. The zero-order chi connectivity index (χ0) is 47.6. The highest BCUT2D eigenvalue weighted by molar-refractivity contribution is 9.10. The fourth-order valence-electron chi connectivity index (χ4n) is 9.81. The molecule has 0 unspecified atom stereocenters. The minimum absolute atomic E-state index is 0.0744. The van der Waals surface area contributed by atoms with Crippen molar-refractivity contribution in [3.8, 4) is 0 Å². The maximum Gasteiger partial charge on any atom is 0.324 e. The lowest BCUT2D eigenvalue weighted by atomic mass is 9.99. The molecule has 4 aromatic carbocycles. The molecule has 5 aliphatic heterocycles. The smallest absolute Gasteiger partial charge is 0.324 e. The second kappa shape index (κ2) is 20.5. The van der Waals surface area contributed by atoms with Gasteiger partial charge in [-0.2, -0.15) is 0 Å². The molecule has 17 heteroatoms. The van der Waals surface area contributed by atoms with Gasteiger partial charge in [-0.3, -0.25) is 9.80 Å². The summed E-state index contributed by atoms with van der Waals surface area (Å²) < 4.78 is 24.5. The molecule has 7 heterocycles. The molecule has 6 aromatic rings. The molecule has 0 aliphatic carbocycles. The molecule has 3 saturated heterocycles. The number of anilines is 5. The summed E-state index contributed by atoms with van der Waals surface area (Å²) in [5.74, 6) is 0.461. The Morgan fingerprint density at radius 2 is 0.986 bits per heavy atom. The van der Waals surface area contributed by atoms with E-state index in [9.17, 15) is 18.0 Å². The normalized spacial score (nSPS) is 18.2. The maximum atomic E-state index is 12.7. The van der Waals surface area contributed by atoms with Crippen molar-refractivity contribution < 1.29 is 18.0 Å². The first-order valence-electron chi connectivity index (χ1n) is 23.9. The van der Waals surface area contributed by atoms with Crippen molar-refractivity contribution in [1.29, 1.82) is 0 Å². The lowest BCUT2D eigenvalue weighted by molar-refractivity contribution is 0.207. The van der Waals surface area contributed by atoms with Crippen LogP contribution in [0.2, 0.25) is 0 Å². The number of carbonyl (C=O) groups is 2. The van der Waals surface area contributed by atoms with Gasteiger partial charge in [-0.05, 0) is 108 Å². The predicted molar refractivity (Wildman–Crippen MR) is 284 cm³/mol. The lowest BCUT2D eigenvalue weighted by Crippen LogP contribution is -2.47. The van der Waals surface area contributed by atoms with Crippen LogP contribution in [-0.2, 0) is 48.6 Å². The Kier molecular flexibility index (Phi) is 14.0. The van der Waals surface area contributed by atoms with E-state index < -0.39 is 9.84 Å². The van der Waals surface area contributed by atoms with Gasteiger partial charge in [0, 0.05) is 136 Å². The van der Waals surface area contributed by atoms with E-state index in [4.69, 9.17) is 9.97 Å². The number of halogens is 1. The zero-order valence-electron chi connectivity index (χ0n) is 39.2. The quantitative estimate of drug-likeness (QED) is 0.140. The molecule has 2 aromatic heterocycles. The van der Waals surface area contributed by atoms with Crippen LogP contribution in [0.1, 0.15) is 56.0 Å². The Hall–Kier alpha value is -5.49. The highest BCUT2D eigenvalue weighted by Crippen LogP contribution is 2.34. The third-order valence-corrected chi connectivity index (χ3v) is 18.1. The summed E-state index contributed by atoms with van der Waals surface area (Å²) in [6.07, 6.45) is 9.69. The summed E-state index contributed by atoms with van der Waals surface area (Å²) in [5.41, 5.74) is 10.9. The van der Waals surface area contributed by atoms with Gasteiger partial charge in [0.1, 0.15) is 0 Å². The van der Waals surface area contributed by atoms with Crippen molar-refractivity contribution in [2.24, 2.45) is 0 Å². The Balaban J connectivity index is 0.000000164. The standard InChI is InChI=1S/C28H33N5O3S2.C24H25BrN4OS/c1-30-10-2-11-33(28(30)34)25-8-5-22-9-12-32(20-23(22)18-25)27-29-19-26(37-27)17-21-3-6-24(7-4-21)31-13-15-38(35,36)16-14-31;1-27-10-2-11-29(24(27)30)21-8-5-18-9-12-28(16-19(18)14-21)23-26-15-22(31-23)13-17-3-6-20(25)7-4-17/h3-8,18-19H,2,9-17,20H2,1H3;3-8,14-15H,2,9-13,16H2,1H3. The summed E-state index contributed by atoms with van der Waals surface area (Å²) in [7, 11) is 0.869. The van der Waals surface area contributed by atoms with Gasteiger partial charge < -0.3 is 24.5 Å². The third kappa shape index (κ3) is 11.0. The fourth-order valence-corrected chi connectivity index (χ4v) is 13.2. The third-order valence-electron chi connectivity index (χ3n) is 13.8. The Morgan fingerprint density at radius 3 is 1.46 bits per heavy atom. The Labute approximate surface area is 422 Å². The number of hydrogen-bond donors (Lipinski definition) is 0. The number of fused-ring (bicyclic) bond motifs is 2. The van der Waals surface area contributed by atoms with Crippen molar-refractivity contribution in [3.05, 3.63) is 145 Å². The van der Waals surface area contributed by atoms with Crippen molar-refractivity contribution in [2.45, 2.75) is 51.6 Å². The minimum Gasteiger partial charge on any atom is -0.369 e. The molecule has 5 aliphatic rings. The van der Waals surface area contributed by atoms with Crippen molar-refractivity contribution >= 4 is 87.8 Å². The average Bonchev–Trinajstić information content (AvgIpc) is 4.04. The van der Waals surface area contributed by atoms with E-state index in [2.05, 4.69) is 116 Å². The van der Waals surface area contributed by atoms with Crippen LogP contribution in [0.15, 0.2) is 102 Å². The molecular weight excluding hydrogens is 991 g/mol. The maximum absolute atomic E-state index is 12.7. The molecule has 0 spiro atoms. The highest BCUT2D eigenvalue weighted by Gasteiger charge is 2.28. The molecule has 360 valence electrons. The number of nitrogens with zero attached hydrogens (tertiary/aromatic N) is 9. The van der Waals surface area contributed by atoms with Crippen molar-refractivity contribution in [2.75, 3.05) is 102 Å². The SMILES string of the molecule is CN1CCCN(c2ccc3c(c2)CN(c2ncc(Cc4ccc(Br)cc4)s2)CC3)C1=O.CN1CCCN(c2ccc3c(c2)CN(c2ncc(Cc4ccc(N5CCS(=O)(=O)CC5)cc4)s2)CC3)C1=O. The number of aromatic nitrogens is 2. The fraction of sp³-hybridized carbons (Fsp3) is 0.385. The van der Waals surface area contributed by atoms with Crippen LogP contribution >= 0.6 is 38.6 Å². The molecule has 0 saturated carbocycles. The van der Waals surface area contributed by atoms with Gasteiger partial charge in [-0.15, -0.1) is 22.7 Å². The Bertz CT molecular complexity index is 2910. The van der Waals surface area contributed by atoms with E-state index in [1.54, 1.807) is 32.5 Å². The van der Waals surface area contributed by atoms with E-state index >= 15 is 0 Å². The number of urea groups is 2. The number of thiazole rings is 2. The number of rotatable bonds is 9. The first-order valence-corrected chi connectivity index (χ1v) is 28.1. The molecular formula is C52H58BrN9O4S3. The van der Waals surface area contributed by atoms with E-state index in [0.717, 1.165) is 123 Å². The Morgan fingerprint density at radius 1 is 0.536 bits per heavy atom. The van der Waals surface area contributed by atoms with Crippen LogP contribution in [0.3, 0.4) is 0 Å². The van der Waals surface area contributed by atoms with Crippen LogP contribution in [0.5, 0.6) is 0 Å². The summed E-state index contributed by atoms with van der Waals surface area (Å²) in [5, 5.41) is 2.12. The molecule has 4 amide bonds. The van der Waals surface area contributed by atoms with E-state index in [1.165, 1.54) is 43.1 Å². The molecule has 69 heavy (non-hydrogen) atoms. The molecule has 11 rings (SSSR count). The van der Waals surface area contributed by atoms with Gasteiger partial charge in [0.2, 0.25) is 0 Å². The molecule has 3 fully saturated rings. The number of hydrogen-bond acceptors (Lipinski definition) is 11.